The minimum absolute atomic E-state index is 0.515. The average molecular weight is 171 g/mol. The lowest BCUT2D eigenvalue weighted by molar-refractivity contribution is 0.0525. The molecule has 2 atom stereocenters. The Hall–Kier alpha value is -0.850. The first-order valence-corrected chi connectivity index (χ1v) is 3.46. The molecule has 58 valence electrons. The summed E-state index contributed by atoms with van der Waals surface area (Å²) in [7, 11) is 1.42. The molecular formula is C7H7ClN2O. The third-order valence-corrected chi connectivity index (χ3v) is 1.94. The van der Waals surface area contributed by atoms with Crippen LogP contribution in [0.5, 0.6) is 0 Å². The molecule has 0 aromatic rings. The number of rotatable bonds is 1. The molecule has 2 unspecified atom stereocenters. The number of nitrogens with zero attached hydrogens (tertiary/aromatic N) is 2. The fraction of sp³-hybridized carbons (Fsp3) is 0.429. The predicted molar refractivity (Wildman–Crippen MR) is 42.3 cm³/mol. The third kappa shape index (κ3) is 1.42. The zero-order valence-corrected chi connectivity index (χ0v) is 6.75. The van der Waals surface area contributed by atoms with E-state index in [0.717, 1.165) is 0 Å². The first kappa shape index (κ1) is 8.25. The fourth-order valence-electron chi connectivity index (χ4n) is 0.807. The molecule has 1 aliphatic rings. The first-order chi connectivity index (χ1) is 5.23. The number of halogens is 1. The van der Waals surface area contributed by atoms with Gasteiger partial charge >= 0.3 is 0 Å². The van der Waals surface area contributed by atoms with E-state index in [4.69, 9.17) is 21.6 Å². The highest BCUT2D eigenvalue weighted by atomic mass is 35.5. The normalized spacial score (nSPS) is 35.2. The lowest BCUT2D eigenvalue weighted by Crippen LogP contribution is -2.31. The van der Waals surface area contributed by atoms with E-state index in [2.05, 4.69) is 4.99 Å². The van der Waals surface area contributed by atoms with Gasteiger partial charge in [0.05, 0.1) is 6.07 Å². The first-order valence-electron chi connectivity index (χ1n) is 3.08. The molecule has 0 aliphatic carbocycles. The summed E-state index contributed by atoms with van der Waals surface area (Å²) < 4.78 is 4.88. The molecule has 0 saturated heterocycles. The summed E-state index contributed by atoms with van der Waals surface area (Å²) in [5.41, 5.74) is 0. The topological polar surface area (TPSA) is 45.4 Å². The SMILES string of the molecule is COC1(Cl)N=CC=CC1C#N. The summed E-state index contributed by atoms with van der Waals surface area (Å²) in [6.45, 7) is 0. The molecule has 0 fully saturated rings. The number of methoxy groups -OCH3 is 1. The van der Waals surface area contributed by atoms with Crippen molar-refractivity contribution in [1.82, 2.24) is 0 Å². The molecule has 4 heteroatoms. The quantitative estimate of drug-likeness (QED) is 0.440. The second kappa shape index (κ2) is 3.04. The van der Waals surface area contributed by atoms with Crippen LogP contribution in [0.25, 0.3) is 0 Å². The number of aliphatic imine (C=N–C) groups is 1. The number of nitriles is 1. The Morgan fingerprint density at radius 3 is 3.00 bits per heavy atom. The highest BCUT2D eigenvalue weighted by molar-refractivity contribution is 6.24. The van der Waals surface area contributed by atoms with Crippen molar-refractivity contribution in [1.29, 1.82) is 5.26 Å². The van der Waals surface area contributed by atoms with Gasteiger partial charge in [0.1, 0.15) is 5.92 Å². The molecule has 0 spiro atoms. The summed E-state index contributed by atoms with van der Waals surface area (Å²) in [6, 6.07) is 1.99. The lowest BCUT2D eigenvalue weighted by atomic mass is 10.1. The van der Waals surface area contributed by atoms with Crippen molar-refractivity contribution >= 4 is 17.8 Å². The van der Waals surface area contributed by atoms with Crippen LogP contribution in [0.1, 0.15) is 0 Å². The summed E-state index contributed by atoms with van der Waals surface area (Å²) >= 11 is 5.83. The van der Waals surface area contributed by atoms with Gasteiger partial charge in [-0.15, -0.1) is 0 Å². The van der Waals surface area contributed by atoms with E-state index < -0.39 is 11.1 Å². The van der Waals surface area contributed by atoms with E-state index in [9.17, 15) is 0 Å². The van der Waals surface area contributed by atoms with E-state index in [1.807, 2.05) is 6.07 Å². The maximum absolute atomic E-state index is 8.62. The van der Waals surface area contributed by atoms with Crippen molar-refractivity contribution in [3.63, 3.8) is 0 Å². The van der Waals surface area contributed by atoms with Crippen LogP contribution in [0.3, 0.4) is 0 Å². The molecule has 1 heterocycles. The monoisotopic (exact) mass is 170 g/mol. The average Bonchev–Trinajstić information content (AvgIpc) is 2.05. The Bertz CT molecular complexity index is 243. The van der Waals surface area contributed by atoms with Gasteiger partial charge in [0.2, 0.25) is 0 Å². The van der Waals surface area contributed by atoms with Gasteiger partial charge in [-0.05, 0) is 6.08 Å². The van der Waals surface area contributed by atoms with Gasteiger partial charge in [0.15, 0.2) is 0 Å². The Labute approximate surface area is 69.9 Å². The molecule has 3 nitrogen and oxygen atoms in total. The highest BCUT2D eigenvalue weighted by Gasteiger charge is 2.36. The Kier molecular flexibility index (Phi) is 2.28. The molecule has 1 aliphatic heterocycles. The van der Waals surface area contributed by atoms with E-state index in [1.165, 1.54) is 13.3 Å². The van der Waals surface area contributed by atoms with Crippen LogP contribution in [-0.2, 0) is 4.74 Å². The van der Waals surface area contributed by atoms with E-state index in [0.29, 0.717) is 0 Å². The molecule has 11 heavy (non-hydrogen) atoms. The van der Waals surface area contributed by atoms with Crippen molar-refractivity contribution in [2.24, 2.45) is 10.9 Å². The van der Waals surface area contributed by atoms with Crippen molar-refractivity contribution in [3.8, 4) is 6.07 Å². The lowest BCUT2D eigenvalue weighted by Gasteiger charge is -2.24. The minimum atomic E-state index is -1.22. The molecule has 0 amide bonds. The number of dihydropyridines is 1. The fourth-order valence-corrected chi connectivity index (χ4v) is 0.985. The van der Waals surface area contributed by atoms with Crippen LogP contribution in [0.4, 0.5) is 0 Å². The van der Waals surface area contributed by atoms with Gasteiger partial charge in [-0.2, -0.15) is 5.26 Å². The van der Waals surface area contributed by atoms with Crippen LogP contribution in [0, 0.1) is 17.2 Å². The van der Waals surface area contributed by atoms with Gasteiger partial charge in [0, 0.05) is 13.3 Å². The Morgan fingerprint density at radius 1 is 1.82 bits per heavy atom. The second-order valence-corrected chi connectivity index (χ2v) is 2.62. The van der Waals surface area contributed by atoms with Crippen LogP contribution < -0.4 is 0 Å². The van der Waals surface area contributed by atoms with Crippen molar-refractivity contribution in [2.75, 3.05) is 7.11 Å². The molecule has 0 N–H and O–H groups in total. The van der Waals surface area contributed by atoms with E-state index in [1.54, 1.807) is 12.2 Å². The molecule has 0 radical (unpaired) electrons. The molecule has 0 bridgehead atoms. The maximum Gasteiger partial charge on any atom is 0.256 e. The predicted octanol–water partition coefficient (Wildman–Crippen LogP) is 1.31. The van der Waals surface area contributed by atoms with Crippen LogP contribution >= 0.6 is 11.6 Å². The summed E-state index contributed by atoms with van der Waals surface area (Å²) in [4.78, 5) is 3.84. The summed E-state index contributed by atoms with van der Waals surface area (Å²) in [5, 5.41) is 7.40. The molecule has 0 aromatic carbocycles. The minimum Gasteiger partial charge on any atom is -0.343 e. The number of alkyl halides is 1. The van der Waals surface area contributed by atoms with Gasteiger partial charge in [-0.3, -0.25) is 0 Å². The van der Waals surface area contributed by atoms with Crippen LogP contribution in [-0.4, -0.2) is 18.5 Å². The summed E-state index contributed by atoms with van der Waals surface area (Å²) in [6.07, 6.45) is 4.85. The van der Waals surface area contributed by atoms with Crippen LogP contribution in [0.2, 0.25) is 0 Å². The van der Waals surface area contributed by atoms with Crippen molar-refractivity contribution in [2.45, 2.75) is 5.18 Å². The van der Waals surface area contributed by atoms with E-state index >= 15 is 0 Å². The van der Waals surface area contributed by atoms with Gasteiger partial charge in [0.25, 0.3) is 5.18 Å². The highest BCUT2D eigenvalue weighted by Crippen LogP contribution is 2.30. The number of hydrogen-bond acceptors (Lipinski definition) is 3. The maximum atomic E-state index is 8.62. The number of allylic oxidation sites excluding steroid dienone is 1. The molecule has 0 saturated carbocycles. The molecular weight excluding hydrogens is 164 g/mol. The van der Waals surface area contributed by atoms with Gasteiger partial charge in [-0.25, -0.2) is 4.99 Å². The smallest absolute Gasteiger partial charge is 0.256 e. The largest absolute Gasteiger partial charge is 0.343 e. The molecule has 1 rings (SSSR count). The van der Waals surface area contributed by atoms with Crippen LogP contribution in [0.15, 0.2) is 17.1 Å². The van der Waals surface area contributed by atoms with Crippen molar-refractivity contribution < 1.29 is 4.74 Å². The Balaban J connectivity index is 2.88. The van der Waals surface area contributed by atoms with Crippen molar-refractivity contribution in [3.05, 3.63) is 12.2 Å². The summed E-state index contributed by atoms with van der Waals surface area (Å²) in [5.74, 6) is -0.515. The van der Waals surface area contributed by atoms with Gasteiger partial charge < -0.3 is 4.74 Å². The second-order valence-electron chi connectivity index (χ2n) is 2.08. The van der Waals surface area contributed by atoms with Gasteiger partial charge in [-0.1, -0.05) is 17.7 Å². The zero-order valence-electron chi connectivity index (χ0n) is 5.99. The Morgan fingerprint density at radius 2 is 2.55 bits per heavy atom. The molecule has 0 aromatic heterocycles. The standard InChI is InChI=1S/C7H7ClN2O/c1-11-7(8)6(5-9)3-2-4-10-7/h2-4,6H,1H3. The third-order valence-electron chi connectivity index (χ3n) is 1.45. The zero-order chi connectivity index (χ0) is 8.32. The number of ether oxygens (including phenoxy) is 1. The van der Waals surface area contributed by atoms with E-state index in [-0.39, 0.29) is 0 Å². The number of hydrogen-bond donors (Lipinski definition) is 0.